The molecule has 7 nitrogen and oxygen atoms in total. The molecule has 1 N–H and O–H groups in total. The highest BCUT2D eigenvalue weighted by atomic mass is 16.2. The fraction of sp³-hybridized carbons (Fsp3) is 0.217. The molecule has 2 aromatic heterocycles. The predicted molar refractivity (Wildman–Crippen MR) is 115 cm³/mol. The first-order chi connectivity index (χ1) is 14.5. The Morgan fingerprint density at radius 3 is 2.63 bits per heavy atom. The summed E-state index contributed by atoms with van der Waals surface area (Å²) in [7, 11) is 1.71. The van der Waals surface area contributed by atoms with Crippen molar-refractivity contribution in [1.82, 2.24) is 9.55 Å². The van der Waals surface area contributed by atoms with Crippen LogP contribution in [-0.2, 0) is 16.6 Å². The Kier molecular flexibility index (Phi) is 5.18. The minimum absolute atomic E-state index is 0.0580. The van der Waals surface area contributed by atoms with Gasteiger partial charge in [0.05, 0.1) is 11.6 Å². The van der Waals surface area contributed by atoms with Gasteiger partial charge in [-0.05, 0) is 41.8 Å². The Morgan fingerprint density at radius 1 is 1.13 bits per heavy atom. The minimum atomic E-state index is -0.418. The molecule has 30 heavy (non-hydrogen) atoms. The number of hydrogen-bond acceptors (Lipinski definition) is 4. The molecule has 1 atom stereocenters. The van der Waals surface area contributed by atoms with E-state index in [2.05, 4.69) is 10.3 Å². The number of hydrogen-bond donors (Lipinski definition) is 1. The summed E-state index contributed by atoms with van der Waals surface area (Å²) in [5, 5.41) is 2.75. The summed E-state index contributed by atoms with van der Waals surface area (Å²) >= 11 is 0. The van der Waals surface area contributed by atoms with E-state index in [1.807, 2.05) is 37.3 Å². The van der Waals surface area contributed by atoms with Crippen LogP contribution in [0.15, 0.2) is 65.7 Å². The molecule has 0 spiro atoms. The van der Waals surface area contributed by atoms with Crippen LogP contribution >= 0.6 is 0 Å². The molecule has 152 valence electrons. The molecule has 2 amide bonds. The molecular weight excluding hydrogens is 380 g/mol. The number of carbonyl (C=O) groups excluding carboxylic acids is 2. The molecule has 0 saturated carbocycles. The van der Waals surface area contributed by atoms with E-state index in [1.165, 1.54) is 9.47 Å². The second-order valence-corrected chi connectivity index (χ2v) is 7.27. The quantitative estimate of drug-likeness (QED) is 0.727. The SMILES string of the molecule is CCC(C(=O)N1CC(=O)Nc2cccnc21)c1ccc(-c2cccn(C)c2=O)cc1. The van der Waals surface area contributed by atoms with Crippen LogP contribution in [0.3, 0.4) is 0 Å². The number of aryl methyl sites for hydroxylation is 1. The van der Waals surface area contributed by atoms with Crippen molar-refractivity contribution >= 4 is 23.3 Å². The summed E-state index contributed by atoms with van der Waals surface area (Å²) in [5.74, 6) is -0.368. The molecule has 0 bridgehead atoms. The van der Waals surface area contributed by atoms with Crippen LogP contribution in [-0.4, -0.2) is 27.9 Å². The van der Waals surface area contributed by atoms with Gasteiger partial charge < -0.3 is 9.88 Å². The van der Waals surface area contributed by atoms with E-state index < -0.39 is 5.92 Å². The van der Waals surface area contributed by atoms with Crippen LogP contribution in [0.4, 0.5) is 11.5 Å². The molecule has 1 aliphatic rings. The third-order valence-electron chi connectivity index (χ3n) is 5.34. The lowest BCUT2D eigenvalue weighted by Crippen LogP contribution is -2.44. The zero-order valence-electron chi connectivity index (χ0n) is 16.8. The van der Waals surface area contributed by atoms with Crippen LogP contribution in [0.1, 0.15) is 24.8 Å². The number of amides is 2. The van der Waals surface area contributed by atoms with E-state index in [4.69, 9.17) is 0 Å². The molecule has 3 aromatic rings. The van der Waals surface area contributed by atoms with Crippen LogP contribution in [0.5, 0.6) is 0 Å². The summed E-state index contributed by atoms with van der Waals surface area (Å²) in [5.41, 5.74) is 2.70. The predicted octanol–water partition coefficient (Wildman–Crippen LogP) is 2.93. The molecule has 0 radical (unpaired) electrons. The standard InChI is InChI=1S/C23H22N4O3/c1-3-17(23(30)27-14-20(28)25-19-7-4-12-24-21(19)27)15-8-10-16(11-9-15)18-6-5-13-26(2)22(18)29/h4-13,17H,3,14H2,1-2H3,(H,25,28). The molecule has 1 unspecified atom stereocenters. The summed E-state index contributed by atoms with van der Waals surface area (Å²) < 4.78 is 1.54. The molecule has 7 heteroatoms. The van der Waals surface area contributed by atoms with E-state index >= 15 is 0 Å². The van der Waals surface area contributed by atoms with Gasteiger partial charge in [0.15, 0.2) is 5.82 Å². The molecule has 3 heterocycles. The maximum Gasteiger partial charge on any atom is 0.258 e. The minimum Gasteiger partial charge on any atom is -0.321 e. The van der Waals surface area contributed by atoms with Gasteiger partial charge in [-0.15, -0.1) is 0 Å². The smallest absolute Gasteiger partial charge is 0.258 e. The number of rotatable bonds is 4. The highest BCUT2D eigenvalue weighted by Crippen LogP contribution is 2.31. The molecule has 1 aliphatic heterocycles. The van der Waals surface area contributed by atoms with E-state index in [-0.39, 0.29) is 23.9 Å². The molecule has 0 aliphatic carbocycles. The molecule has 0 saturated heterocycles. The summed E-state index contributed by atoms with van der Waals surface area (Å²) in [4.78, 5) is 43.5. The summed E-state index contributed by atoms with van der Waals surface area (Å²) in [6, 6.07) is 14.5. The van der Waals surface area contributed by atoms with Crippen molar-refractivity contribution in [1.29, 1.82) is 0 Å². The van der Waals surface area contributed by atoms with Gasteiger partial charge >= 0.3 is 0 Å². The summed E-state index contributed by atoms with van der Waals surface area (Å²) in [6.07, 6.45) is 3.89. The largest absolute Gasteiger partial charge is 0.321 e. The van der Waals surface area contributed by atoms with Crippen LogP contribution < -0.4 is 15.8 Å². The maximum absolute atomic E-state index is 13.3. The first-order valence-electron chi connectivity index (χ1n) is 9.81. The Labute approximate surface area is 174 Å². The fourth-order valence-electron chi connectivity index (χ4n) is 3.75. The van der Waals surface area contributed by atoms with Crippen molar-refractivity contribution in [3.8, 4) is 11.1 Å². The van der Waals surface area contributed by atoms with Crippen LogP contribution in [0.25, 0.3) is 11.1 Å². The van der Waals surface area contributed by atoms with Gasteiger partial charge in [-0.1, -0.05) is 31.2 Å². The van der Waals surface area contributed by atoms with Crippen molar-refractivity contribution in [2.24, 2.45) is 7.05 Å². The Hall–Kier alpha value is -3.74. The van der Waals surface area contributed by atoms with Gasteiger partial charge in [0.1, 0.15) is 6.54 Å². The first kappa shape index (κ1) is 19.6. The third kappa shape index (κ3) is 3.50. The number of aromatic nitrogens is 2. The average Bonchev–Trinajstić information content (AvgIpc) is 2.76. The van der Waals surface area contributed by atoms with Gasteiger partial charge in [-0.25, -0.2) is 4.98 Å². The van der Waals surface area contributed by atoms with Crippen LogP contribution in [0, 0.1) is 0 Å². The van der Waals surface area contributed by atoms with E-state index in [9.17, 15) is 14.4 Å². The number of carbonyl (C=O) groups is 2. The Bertz CT molecular complexity index is 1170. The van der Waals surface area contributed by atoms with Gasteiger partial charge in [-0.2, -0.15) is 0 Å². The fourth-order valence-corrected chi connectivity index (χ4v) is 3.75. The van der Waals surface area contributed by atoms with Crippen molar-refractivity contribution < 1.29 is 9.59 Å². The van der Waals surface area contributed by atoms with Gasteiger partial charge in [-0.3, -0.25) is 19.3 Å². The van der Waals surface area contributed by atoms with Gasteiger partial charge in [0.2, 0.25) is 11.8 Å². The third-order valence-corrected chi connectivity index (χ3v) is 5.34. The number of fused-ring (bicyclic) bond motifs is 1. The highest BCUT2D eigenvalue weighted by Gasteiger charge is 2.32. The normalized spacial score (nSPS) is 14.1. The highest BCUT2D eigenvalue weighted by molar-refractivity contribution is 6.10. The topological polar surface area (TPSA) is 84.3 Å². The van der Waals surface area contributed by atoms with E-state index in [0.29, 0.717) is 23.5 Å². The number of benzene rings is 1. The second-order valence-electron chi connectivity index (χ2n) is 7.27. The number of pyridine rings is 2. The maximum atomic E-state index is 13.3. The zero-order valence-corrected chi connectivity index (χ0v) is 16.8. The molecule has 1 aromatic carbocycles. The molecule has 0 fully saturated rings. The zero-order chi connectivity index (χ0) is 21.3. The number of nitrogens with zero attached hydrogens (tertiary/aromatic N) is 3. The second kappa shape index (κ2) is 7.94. The van der Waals surface area contributed by atoms with Crippen LogP contribution in [0.2, 0.25) is 0 Å². The van der Waals surface area contributed by atoms with Crippen molar-refractivity contribution in [2.75, 3.05) is 16.8 Å². The lowest BCUT2D eigenvalue weighted by Gasteiger charge is -2.30. The lowest BCUT2D eigenvalue weighted by molar-refractivity contribution is -0.123. The molecule has 4 rings (SSSR count). The summed E-state index contributed by atoms with van der Waals surface area (Å²) in [6.45, 7) is 1.88. The van der Waals surface area contributed by atoms with Gasteiger partial charge in [0, 0.05) is 25.0 Å². The van der Waals surface area contributed by atoms with Gasteiger partial charge in [0.25, 0.3) is 5.56 Å². The number of nitrogens with one attached hydrogen (secondary N) is 1. The monoisotopic (exact) mass is 402 g/mol. The Morgan fingerprint density at radius 2 is 1.90 bits per heavy atom. The first-order valence-corrected chi connectivity index (χ1v) is 9.81. The van der Waals surface area contributed by atoms with Crippen molar-refractivity contribution in [3.63, 3.8) is 0 Å². The van der Waals surface area contributed by atoms with E-state index in [0.717, 1.165) is 11.1 Å². The number of anilines is 2. The average molecular weight is 402 g/mol. The van der Waals surface area contributed by atoms with Crippen molar-refractivity contribution in [3.05, 3.63) is 76.8 Å². The lowest BCUT2D eigenvalue weighted by atomic mass is 9.93. The van der Waals surface area contributed by atoms with E-state index in [1.54, 1.807) is 37.6 Å². The van der Waals surface area contributed by atoms with Crippen molar-refractivity contribution in [2.45, 2.75) is 19.3 Å². The molecular formula is C23H22N4O3. The Balaban J connectivity index is 1.65.